The minimum absolute atomic E-state index is 0.136. The molecule has 1 atom stereocenters. The van der Waals surface area contributed by atoms with Crippen molar-refractivity contribution < 1.29 is 9.90 Å². The van der Waals surface area contributed by atoms with Crippen LogP contribution in [0, 0.1) is 5.41 Å². The normalized spacial score (nSPS) is 14.6. The van der Waals surface area contributed by atoms with Crippen LogP contribution >= 0.6 is 11.3 Å². The number of nitrogens with zero attached hydrogens (tertiary/aromatic N) is 1. The second-order valence-corrected chi connectivity index (χ2v) is 7.66. The number of nitrogens with two attached hydrogens (primary N) is 1. The van der Waals surface area contributed by atoms with Crippen molar-refractivity contribution in [3.8, 4) is 0 Å². The largest absolute Gasteiger partial charge is 0.477 e. The van der Waals surface area contributed by atoms with E-state index in [1.165, 1.54) is 11.3 Å². The zero-order valence-corrected chi connectivity index (χ0v) is 12.7. The summed E-state index contributed by atoms with van der Waals surface area (Å²) in [4.78, 5) is 16.1. The number of aromatic nitrogens is 1. The third-order valence-electron chi connectivity index (χ3n) is 2.75. The summed E-state index contributed by atoms with van der Waals surface area (Å²) in [5.41, 5.74) is 6.35. The Kier molecular flexibility index (Phi) is 3.89. The maximum Gasteiger partial charge on any atom is 0.347 e. The summed E-state index contributed by atoms with van der Waals surface area (Å²) in [6.07, 6.45) is 0. The molecule has 4 nitrogen and oxygen atoms in total. The first-order chi connectivity index (χ1) is 7.94. The molecule has 5 heteroatoms. The van der Waals surface area contributed by atoms with Crippen LogP contribution in [0.3, 0.4) is 0 Å². The van der Waals surface area contributed by atoms with Crippen molar-refractivity contribution in [2.24, 2.45) is 11.1 Å². The lowest BCUT2D eigenvalue weighted by molar-refractivity contribution is 0.0699. The Morgan fingerprint density at radius 3 is 2.06 bits per heavy atom. The van der Waals surface area contributed by atoms with Gasteiger partial charge in [-0.2, -0.15) is 0 Å². The van der Waals surface area contributed by atoms with Gasteiger partial charge in [-0.3, -0.25) is 0 Å². The van der Waals surface area contributed by atoms with E-state index in [0.29, 0.717) is 15.6 Å². The van der Waals surface area contributed by atoms with Crippen LogP contribution in [-0.2, 0) is 5.41 Å². The predicted octanol–water partition coefficient (Wildman–Crippen LogP) is 3.18. The maximum atomic E-state index is 11.3. The Morgan fingerprint density at radius 2 is 1.78 bits per heavy atom. The van der Waals surface area contributed by atoms with Crippen LogP contribution in [0.2, 0.25) is 0 Å². The van der Waals surface area contributed by atoms with Gasteiger partial charge in [-0.05, 0) is 5.41 Å². The average molecular weight is 270 g/mol. The monoisotopic (exact) mass is 270 g/mol. The molecule has 0 fully saturated rings. The van der Waals surface area contributed by atoms with Gasteiger partial charge < -0.3 is 10.8 Å². The summed E-state index contributed by atoms with van der Waals surface area (Å²) >= 11 is 1.19. The number of aromatic carboxylic acids is 1. The Balaban J connectivity index is 3.32. The number of thiazole rings is 1. The quantitative estimate of drug-likeness (QED) is 0.865. The molecule has 0 aliphatic heterocycles. The molecule has 102 valence electrons. The van der Waals surface area contributed by atoms with Gasteiger partial charge in [0.25, 0.3) is 0 Å². The van der Waals surface area contributed by atoms with Crippen LogP contribution in [0.25, 0.3) is 0 Å². The van der Waals surface area contributed by atoms with Crippen LogP contribution in [0.1, 0.15) is 68.0 Å². The van der Waals surface area contributed by atoms with E-state index in [-0.39, 0.29) is 16.9 Å². The second kappa shape index (κ2) is 4.63. The number of hydrogen-bond acceptors (Lipinski definition) is 4. The number of rotatable bonds is 2. The molecule has 0 spiro atoms. The first kappa shape index (κ1) is 15.1. The van der Waals surface area contributed by atoms with E-state index in [4.69, 9.17) is 5.73 Å². The van der Waals surface area contributed by atoms with E-state index in [1.54, 1.807) is 0 Å². The van der Waals surface area contributed by atoms with E-state index in [9.17, 15) is 9.90 Å². The van der Waals surface area contributed by atoms with Crippen molar-refractivity contribution >= 4 is 17.3 Å². The van der Waals surface area contributed by atoms with Gasteiger partial charge in [0, 0.05) is 5.41 Å². The van der Waals surface area contributed by atoms with Crippen LogP contribution < -0.4 is 5.73 Å². The lowest BCUT2D eigenvalue weighted by Crippen LogP contribution is -2.26. The van der Waals surface area contributed by atoms with Crippen molar-refractivity contribution in [1.29, 1.82) is 0 Å². The summed E-state index contributed by atoms with van der Waals surface area (Å²) in [7, 11) is 0. The standard InChI is InChI=1S/C13H22N2O2S/c1-12(2,3)8(14)10-15-9(13(4,5)6)7(18-10)11(16)17/h8H,14H2,1-6H3,(H,16,17). The van der Waals surface area contributed by atoms with Gasteiger partial charge in [-0.15, -0.1) is 11.3 Å². The summed E-state index contributed by atoms with van der Waals surface area (Å²) in [6, 6.07) is -0.253. The molecule has 1 aromatic rings. The van der Waals surface area contributed by atoms with Gasteiger partial charge in [0.1, 0.15) is 9.88 Å². The minimum Gasteiger partial charge on any atom is -0.477 e. The van der Waals surface area contributed by atoms with Crippen LogP contribution in [-0.4, -0.2) is 16.1 Å². The Morgan fingerprint density at radius 1 is 1.28 bits per heavy atom. The highest BCUT2D eigenvalue weighted by Crippen LogP contribution is 2.37. The molecule has 0 aliphatic carbocycles. The molecule has 1 rings (SSSR count). The van der Waals surface area contributed by atoms with Crippen molar-refractivity contribution in [3.05, 3.63) is 15.6 Å². The van der Waals surface area contributed by atoms with Gasteiger partial charge in [-0.25, -0.2) is 9.78 Å². The third kappa shape index (κ3) is 3.09. The van der Waals surface area contributed by atoms with Crippen molar-refractivity contribution in [1.82, 2.24) is 4.98 Å². The fourth-order valence-corrected chi connectivity index (χ4v) is 2.86. The number of carboxylic acid groups (broad SMARTS) is 1. The fourth-order valence-electron chi connectivity index (χ4n) is 1.49. The molecular weight excluding hydrogens is 248 g/mol. The van der Waals surface area contributed by atoms with Gasteiger partial charge in [0.15, 0.2) is 0 Å². The Labute approximate surface area is 112 Å². The van der Waals surface area contributed by atoms with Crippen LogP contribution in [0.15, 0.2) is 0 Å². The van der Waals surface area contributed by atoms with E-state index in [0.717, 1.165) is 0 Å². The van der Waals surface area contributed by atoms with Crippen LogP contribution in [0.4, 0.5) is 0 Å². The number of hydrogen-bond donors (Lipinski definition) is 2. The topological polar surface area (TPSA) is 76.2 Å². The Bertz CT molecular complexity index is 453. The van der Waals surface area contributed by atoms with Gasteiger partial charge in [-0.1, -0.05) is 41.5 Å². The lowest BCUT2D eigenvalue weighted by Gasteiger charge is -2.25. The van der Waals surface area contributed by atoms with Gasteiger partial charge >= 0.3 is 5.97 Å². The molecule has 0 aromatic carbocycles. The van der Waals surface area contributed by atoms with E-state index < -0.39 is 5.97 Å². The zero-order chi connectivity index (χ0) is 14.3. The maximum absolute atomic E-state index is 11.3. The first-order valence-electron chi connectivity index (χ1n) is 5.94. The molecule has 3 N–H and O–H groups in total. The smallest absolute Gasteiger partial charge is 0.347 e. The molecule has 0 saturated heterocycles. The summed E-state index contributed by atoms with van der Waals surface area (Å²) in [6.45, 7) is 11.9. The summed E-state index contributed by atoms with van der Waals surface area (Å²) in [5, 5.41) is 9.96. The van der Waals surface area contributed by atoms with E-state index in [1.807, 2.05) is 41.5 Å². The minimum atomic E-state index is -0.926. The second-order valence-electron chi connectivity index (χ2n) is 6.63. The highest BCUT2D eigenvalue weighted by molar-refractivity contribution is 7.13. The molecule has 1 unspecified atom stereocenters. The first-order valence-corrected chi connectivity index (χ1v) is 6.76. The fraction of sp³-hybridized carbons (Fsp3) is 0.692. The highest BCUT2D eigenvalue weighted by Gasteiger charge is 2.31. The van der Waals surface area contributed by atoms with Crippen molar-refractivity contribution in [2.75, 3.05) is 0 Å². The molecule has 0 bridgehead atoms. The molecule has 1 aromatic heterocycles. The van der Waals surface area contributed by atoms with Crippen LogP contribution in [0.5, 0.6) is 0 Å². The molecule has 0 aliphatic rings. The third-order valence-corrected chi connectivity index (χ3v) is 3.87. The molecule has 18 heavy (non-hydrogen) atoms. The molecule has 0 saturated carbocycles. The van der Waals surface area contributed by atoms with Gasteiger partial charge in [0.2, 0.25) is 0 Å². The summed E-state index contributed by atoms with van der Waals surface area (Å²) in [5.74, 6) is -0.926. The molecule has 1 heterocycles. The average Bonchev–Trinajstić information content (AvgIpc) is 2.58. The van der Waals surface area contributed by atoms with E-state index >= 15 is 0 Å². The molecule has 0 radical (unpaired) electrons. The van der Waals surface area contributed by atoms with Gasteiger partial charge in [0.05, 0.1) is 11.7 Å². The van der Waals surface area contributed by atoms with E-state index in [2.05, 4.69) is 4.98 Å². The molecule has 0 amide bonds. The summed E-state index contributed by atoms with van der Waals surface area (Å²) < 4.78 is 0. The number of carbonyl (C=O) groups is 1. The molecular formula is C13H22N2O2S. The Hall–Kier alpha value is -0.940. The lowest BCUT2D eigenvalue weighted by atomic mass is 9.87. The van der Waals surface area contributed by atoms with Crippen molar-refractivity contribution in [2.45, 2.75) is 53.0 Å². The van der Waals surface area contributed by atoms with Crippen molar-refractivity contribution in [3.63, 3.8) is 0 Å². The predicted molar refractivity (Wildman–Crippen MR) is 74.2 cm³/mol. The SMILES string of the molecule is CC(C)(C)c1nc(C(N)C(C)(C)C)sc1C(=O)O. The zero-order valence-electron chi connectivity index (χ0n) is 11.9. The number of carboxylic acids is 1. The highest BCUT2D eigenvalue weighted by atomic mass is 32.1.